The maximum Gasteiger partial charge on any atom is 0.0973 e. The lowest BCUT2D eigenvalue weighted by Gasteiger charge is -2.22. The van der Waals surface area contributed by atoms with Gasteiger partial charge in [0.1, 0.15) is 0 Å². The molecule has 0 amide bonds. The van der Waals surface area contributed by atoms with E-state index >= 15 is 0 Å². The van der Waals surface area contributed by atoms with Gasteiger partial charge in [0, 0.05) is 17.7 Å². The van der Waals surface area contributed by atoms with Crippen molar-refractivity contribution in [3.63, 3.8) is 0 Å². The van der Waals surface area contributed by atoms with Gasteiger partial charge in [-0.3, -0.25) is 0 Å². The molecule has 0 aliphatic carbocycles. The summed E-state index contributed by atoms with van der Waals surface area (Å²) in [5.74, 6) is 0. The van der Waals surface area contributed by atoms with E-state index in [1.807, 2.05) is 31.2 Å². The molecule has 0 saturated carbocycles. The highest BCUT2D eigenvalue weighted by Gasteiger charge is 2.16. The van der Waals surface area contributed by atoms with Gasteiger partial charge in [0.25, 0.3) is 0 Å². The van der Waals surface area contributed by atoms with Crippen molar-refractivity contribution in [1.82, 2.24) is 0 Å². The van der Waals surface area contributed by atoms with Crippen LogP contribution in [0.5, 0.6) is 0 Å². The van der Waals surface area contributed by atoms with Crippen LogP contribution in [0.4, 0.5) is 0 Å². The van der Waals surface area contributed by atoms with E-state index in [2.05, 4.69) is 6.92 Å². The molecule has 0 bridgehead atoms. The molecule has 2 atom stereocenters. The van der Waals surface area contributed by atoms with E-state index < -0.39 is 0 Å². The van der Waals surface area contributed by atoms with Gasteiger partial charge in [0.05, 0.1) is 6.10 Å². The molecule has 1 aromatic rings. The molecule has 0 aliphatic rings. The minimum Gasteiger partial charge on any atom is -0.372 e. The SMILES string of the molecule is CCCCCCCOC(c1cccc(Cl)c1)C(C)N. The van der Waals surface area contributed by atoms with Gasteiger partial charge in [-0.05, 0) is 31.0 Å². The minimum absolute atomic E-state index is 0.0332. The van der Waals surface area contributed by atoms with E-state index in [0.717, 1.165) is 23.6 Å². The standard InChI is InChI=1S/C16H26ClNO/c1-3-4-5-6-7-11-19-16(13(2)18)14-9-8-10-15(17)12-14/h8-10,12-13,16H,3-7,11,18H2,1-2H3. The predicted molar refractivity (Wildman–Crippen MR) is 82.6 cm³/mol. The van der Waals surface area contributed by atoms with Crippen LogP contribution in [0.1, 0.15) is 57.6 Å². The molecule has 2 N–H and O–H groups in total. The zero-order valence-electron chi connectivity index (χ0n) is 12.1. The van der Waals surface area contributed by atoms with Crippen molar-refractivity contribution in [3.8, 4) is 0 Å². The van der Waals surface area contributed by atoms with E-state index in [4.69, 9.17) is 22.1 Å². The number of halogens is 1. The van der Waals surface area contributed by atoms with Crippen LogP contribution in [0.2, 0.25) is 5.02 Å². The molecule has 1 aromatic carbocycles. The monoisotopic (exact) mass is 283 g/mol. The summed E-state index contributed by atoms with van der Waals surface area (Å²) in [4.78, 5) is 0. The number of nitrogens with two attached hydrogens (primary N) is 1. The third-order valence-electron chi connectivity index (χ3n) is 3.20. The van der Waals surface area contributed by atoms with Crippen LogP contribution in [0.15, 0.2) is 24.3 Å². The predicted octanol–water partition coefficient (Wildman–Crippen LogP) is 4.72. The highest BCUT2D eigenvalue weighted by atomic mass is 35.5. The zero-order valence-corrected chi connectivity index (χ0v) is 12.8. The molecule has 0 aliphatic heterocycles. The van der Waals surface area contributed by atoms with Gasteiger partial charge in [-0.25, -0.2) is 0 Å². The molecule has 1 rings (SSSR count). The first-order chi connectivity index (χ1) is 9.15. The molecule has 0 heterocycles. The Hall–Kier alpha value is -0.570. The van der Waals surface area contributed by atoms with E-state index in [-0.39, 0.29) is 12.1 Å². The maximum atomic E-state index is 6.02. The Bertz CT molecular complexity index is 354. The van der Waals surface area contributed by atoms with E-state index in [0.29, 0.717) is 0 Å². The maximum absolute atomic E-state index is 6.02. The van der Waals surface area contributed by atoms with Crippen molar-refractivity contribution in [3.05, 3.63) is 34.9 Å². The number of hydrogen-bond donors (Lipinski definition) is 1. The number of unbranched alkanes of at least 4 members (excludes halogenated alkanes) is 4. The Kier molecular flexibility index (Phi) is 8.11. The number of hydrogen-bond acceptors (Lipinski definition) is 2. The van der Waals surface area contributed by atoms with Crippen LogP contribution in [-0.2, 0) is 4.74 Å². The Morgan fingerprint density at radius 1 is 1.21 bits per heavy atom. The molecule has 2 unspecified atom stereocenters. The van der Waals surface area contributed by atoms with Crippen LogP contribution in [0, 0.1) is 0 Å². The van der Waals surface area contributed by atoms with Gasteiger partial charge < -0.3 is 10.5 Å². The second kappa shape index (κ2) is 9.35. The van der Waals surface area contributed by atoms with Gasteiger partial charge in [-0.1, -0.05) is 56.3 Å². The van der Waals surface area contributed by atoms with Gasteiger partial charge in [-0.15, -0.1) is 0 Å². The summed E-state index contributed by atoms with van der Waals surface area (Å²) < 4.78 is 5.94. The van der Waals surface area contributed by atoms with Crippen LogP contribution in [0.25, 0.3) is 0 Å². The van der Waals surface area contributed by atoms with Gasteiger partial charge in [-0.2, -0.15) is 0 Å². The summed E-state index contributed by atoms with van der Waals surface area (Å²) >= 11 is 6.02. The number of benzene rings is 1. The number of rotatable bonds is 9. The average Bonchev–Trinajstić information content (AvgIpc) is 2.37. The van der Waals surface area contributed by atoms with Crippen molar-refractivity contribution in [2.45, 2.75) is 58.1 Å². The smallest absolute Gasteiger partial charge is 0.0973 e. The van der Waals surface area contributed by atoms with Crippen molar-refractivity contribution in [2.75, 3.05) is 6.61 Å². The topological polar surface area (TPSA) is 35.2 Å². The molecular formula is C16H26ClNO. The highest BCUT2D eigenvalue weighted by molar-refractivity contribution is 6.30. The molecule has 108 valence electrons. The highest BCUT2D eigenvalue weighted by Crippen LogP contribution is 2.23. The second-order valence-corrected chi connectivity index (χ2v) is 5.56. The Labute approximate surface area is 122 Å². The summed E-state index contributed by atoms with van der Waals surface area (Å²) in [5, 5.41) is 0.731. The Balaban J connectivity index is 2.41. The number of ether oxygens (including phenoxy) is 1. The molecule has 2 nitrogen and oxygen atoms in total. The van der Waals surface area contributed by atoms with Gasteiger partial charge >= 0.3 is 0 Å². The summed E-state index contributed by atoms with van der Waals surface area (Å²) in [6.07, 6.45) is 6.14. The van der Waals surface area contributed by atoms with E-state index in [1.54, 1.807) is 0 Å². The van der Waals surface area contributed by atoms with Crippen molar-refractivity contribution in [2.24, 2.45) is 5.73 Å². The lowest BCUT2D eigenvalue weighted by molar-refractivity contribution is 0.0358. The molecule has 0 aromatic heterocycles. The van der Waals surface area contributed by atoms with Crippen molar-refractivity contribution >= 4 is 11.6 Å². The first kappa shape index (κ1) is 16.5. The summed E-state index contributed by atoms with van der Waals surface area (Å²) in [7, 11) is 0. The molecule has 0 radical (unpaired) electrons. The normalized spacial score (nSPS) is 14.3. The molecule has 0 fully saturated rings. The first-order valence-corrected chi connectivity index (χ1v) is 7.65. The van der Waals surface area contributed by atoms with E-state index in [1.165, 1.54) is 25.7 Å². The minimum atomic E-state index is -0.0649. The largest absolute Gasteiger partial charge is 0.372 e. The third-order valence-corrected chi connectivity index (χ3v) is 3.44. The fourth-order valence-corrected chi connectivity index (χ4v) is 2.35. The average molecular weight is 284 g/mol. The Morgan fingerprint density at radius 3 is 2.58 bits per heavy atom. The van der Waals surface area contributed by atoms with Crippen molar-refractivity contribution in [1.29, 1.82) is 0 Å². The van der Waals surface area contributed by atoms with E-state index in [9.17, 15) is 0 Å². The van der Waals surface area contributed by atoms with Crippen LogP contribution < -0.4 is 5.73 Å². The fraction of sp³-hybridized carbons (Fsp3) is 0.625. The molecule has 0 spiro atoms. The molecular weight excluding hydrogens is 258 g/mol. The van der Waals surface area contributed by atoms with Crippen LogP contribution >= 0.6 is 11.6 Å². The second-order valence-electron chi connectivity index (χ2n) is 5.12. The van der Waals surface area contributed by atoms with Crippen molar-refractivity contribution < 1.29 is 4.74 Å². The zero-order chi connectivity index (χ0) is 14.1. The summed E-state index contributed by atoms with van der Waals surface area (Å²) in [5.41, 5.74) is 7.08. The van der Waals surface area contributed by atoms with Crippen LogP contribution in [0.3, 0.4) is 0 Å². The van der Waals surface area contributed by atoms with Gasteiger partial charge in [0.15, 0.2) is 0 Å². The lowest BCUT2D eigenvalue weighted by Crippen LogP contribution is -2.27. The molecule has 19 heavy (non-hydrogen) atoms. The quantitative estimate of drug-likeness (QED) is 0.666. The first-order valence-electron chi connectivity index (χ1n) is 7.27. The summed E-state index contributed by atoms with van der Waals surface area (Å²) in [6, 6.07) is 7.74. The summed E-state index contributed by atoms with van der Waals surface area (Å²) in [6.45, 7) is 4.97. The molecule has 0 saturated heterocycles. The fourth-order valence-electron chi connectivity index (χ4n) is 2.15. The Morgan fingerprint density at radius 2 is 1.95 bits per heavy atom. The van der Waals surface area contributed by atoms with Crippen LogP contribution in [-0.4, -0.2) is 12.6 Å². The lowest BCUT2D eigenvalue weighted by atomic mass is 10.0. The third kappa shape index (κ3) is 6.42. The molecule has 3 heteroatoms. The van der Waals surface area contributed by atoms with Gasteiger partial charge in [0.2, 0.25) is 0 Å².